The minimum absolute atomic E-state index is 0.225. The Morgan fingerprint density at radius 2 is 1.93 bits per heavy atom. The van der Waals surface area contributed by atoms with Gasteiger partial charge < -0.3 is 10.2 Å². The summed E-state index contributed by atoms with van der Waals surface area (Å²) in [5, 5.41) is 3.08. The van der Waals surface area contributed by atoms with E-state index in [1.54, 1.807) is 0 Å². The molecule has 0 aromatic heterocycles. The Kier molecular flexibility index (Phi) is 8.38. The molecule has 0 aromatic rings. The third-order valence-corrected chi connectivity index (χ3v) is 2.47. The number of hydrogen-bond acceptors (Lipinski definition) is 2. The lowest BCUT2D eigenvalue weighted by atomic mass is 10.2. The number of amides is 1. The van der Waals surface area contributed by atoms with Crippen LogP contribution in [0.5, 0.6) is 0 Å². The molecule has 90 valence electrons. The summed E-state index contributed by atoms with van der Waals surface area (Å²) in [5.74, 6) is 0.225. The molecule has 1 N–H and O–H groups in total. The van der Waals surface area contributed by atoms with Gasteiger partial charge in [0, 0.05) is 12.6 Å². The highest BCUT2D eigenvalue weighted by molar-refractivity contribution is 5.78. The molecule has 3 heteroatoms. The van der Waals surface area contributed by atoms with Crippen LogP contribution in [-0.2, 0) is 4.79 Å². The Balaban J connectivity index is 3.96. The van der Waals surface area contributed by atoms with Gasteiger partial charge in [-0.15, -0.1) is 0 Å². The first-order chi connectivity index (χ1) is 7.13. The van der Waals surface area contributed by atoms with Gasteiger partial charge in [-0.2, -0.15) is 0 Å². The zero-order valence-corrected chi connectivity index (χ0v) is 10.7. The molecule has 3 nitrogen and oxygen atoms in total. The van der Waals surface area contributed by atoms with Gasteiger partial charge in [-0.1, -0.05) is 26.7 Å². The molecule has 0 atom stereocenters. The molecule has 0 bridgehead atoms. The molecule has 0 aliphatic heterocycles. The number of nitrogens with zero attached hydrogens (tertiary/aromatic N) is 1. The van der Waals surface area contributed by atoms with Gasteiger partial charge in [0.05, 0.1) is 6.54 Å². The van der Waals surface area contributed by atoms with Gasteiger partial charge in [0.15, 0.2) is 0 Å². The summed E-state index contributed by atoms with van der Waals surface area (Å²) in [6.45, 7) is 10.6. The quantitative estimate of drug-likeness (QED) is 0.627. The molecule has 0 aliphatic rings. The standard InChI is InChI=1S/C12H26N2O/c1-5-7-8-9-14(11(3)4)12(15)10-13-6-2/h11,13H,5-10H2,1-4H3. The number of carbonyl (C=O) groups is 1. The van der Waals surface area contributed by atoms with E-state index in [9.17, 15) is 4.79 Å². The molecule has 0 rings (SSSR count). The predicted molar refractivity (Wildman–Crippen MR) is 64.9 cm³/mol. The number of likely N-dealkylation sites (N-methyl/N-ethyl adjacent to an activating group) is 1. The molecule has 0 aromatic carbocycles. The molecular formula is C12H26N2O. The van der Waals surface area contributed by atoms with E-state index in [1.807, 2.05) is 11.8 Å². The third-order valence-electron chi connectivity index (χ3n) is 2.47. The van der Waals surface area contributed by atoms with Crippen LogP contribution < -0.4 is 5.32 Å². The molecule has 15 heavy (non-hydrogen) atoms. The van der Waals surface area contributed by atoms with E-state index in [0.717, 1.165) is 19.5 Å². The van der Waals surface area contributed by atoms with Crippen LogP contribution in [0.15, 0.2) is 0 Å². The maximum Gasteiger partial charge on any atom is 0.236 e. The maximum absolute atomic E-state index is 11.8. The summed E-state index contributed by atoms with van der Waals surface area (Å²) < 4.78 is 0. The predicted octanol–water partition coefficient (Wildman–Crippen LogP) is 2.02. The Bertz CT molecular complexity index is 169. The smallest absolute Gasteiger partial charge is 0.236 e. The normalized spacial score (nSPS) is 10.7. The van der Waals surface area contributed by atoms with Crippen molar-refractivity contribution in [3.8, 4) is 0 Å². The van der Waals surface area contributed by atoms with Crippen molar-refractivity contribution in [1.29, 1.82) is 0 Å². The summed E-state index contributed by atoms with van der Waals surface area (Å²) in [5.41, 5.74) is 0. The number of nitrogens with one attached hydrogen (secondary N) is 1. The minimum atomic E-state index is 0.225. The van der Waals surface area contributed by atoms with Crippen LogP contribution >= 0.6 is 0 Å². The number of carbonyl (C=O) groups excluding carboxylic acids is 1. The van der Waals surface area contributed by atoms with Gasteiger partial charge in [0.1, 0.15) is 0 Å². The Morgan fingerprint density at radius 3 is 2.40 bits per heavy atom. The average Bonchev–Trinajstić information content (AvgIpc) is 2.20. The zero-order chi connectivity index (χ0) is 11.7. The van der Waals surface area contributed by atoms with Gasteiger partial charge in [-0.25, -0.2) is 0 Å². The second-order valence-corrected chi connectivity index (χ2v) is 4.17. The van der Waals surface area contributed by atoms with E-state index in [4.69, 9.17) is 0 Å². The minimum Gasteiger partial charge on any atom is -0.339 e. The van der Waals surface area contributed by atoms with Gasteiger partial charge in [-0.3, -0.25) is 4.79 Å². The highest BCUT2D eigenvalue weighted by Crippen LogP contribution is 2.03. The largest absolute Gasteiger partial charge is 0.339 e. The Labute approximate surface area is 94.2 Å². The fraction of sp³-hybridized carbons (Fsp3) is 0.917. The van der Waals surface area contributed by atoms with Crippen LogP contribution in [0.25, 0.3) is 0 Å². The molecule has 0 saturated carbocycles. The van der Waals surface area contributed by atoms with Crippen molar-refractivity contribution in [3.63, 3.8) is 0 Å². The molecule has 0 saturated heterocycles. The number of unbranched alkanes of at least 4 members (excludes halogenated alkanes) is 2. The van der Waals surface area contributed by atoms with Gasteiger partial charge in [0.25, 0.3) is 0 Å². The molecule has 0 fully saturated rings. The van der Waals surface area contributed by atoms with Gasteiger partial charge >= 0.3 is 0 Å². The van der Waals surface area contributed by atoms with Crippen LogP contribution in [0.3, 0.4) is 0 Å². The van der Waals surface area contributed by atoms with Crippen LogP contribution in [0.4, 0.5) is 0 Å². The average molecular weight is 214 g/mol. The molecule has 1 amide bonds. The summed E-state index contributed by atoms with van der Waals surface area (Å²) in [7, 11) is 0. The molecule has 0 spiro atoms. The van der Waals surface area contributed by atoms with Crippen molar-refractivity contribution < 1.29 is 4.79 Å². The van der Waals surface area contributed by atoms with E-state index >= 15 is 0 Å². The molecular weight excluding hydrogens is 188 g/mol. The van der Waals surface area contributed by atoms with Crippen molar-refractivity contribution in [1.82, 2.24) is 10.2 Å². The fourth-order valence-electron chi connectivity index (χ4n) is 1.54. The van der Waals surface area contributed by atoms with E-state index in [2.05, 4.69) is 26.1 Å². The van der Waals surface area contributed by atoms with Crippen molar-refractivity contribution in [2.24, 2.45) is 0 Å². The second-order valence-electron chi connectivity index (χ2n) is 4.17. The van der Waals surface area contributed by atoms with Crippen LogP contribution in [-0.4, -0.2) is 36.5 Å². The van der Waals surface area contributed by atoms with E-state index in [0.29, 0.717) is 12.6 Å². The summed E-state index contributed by atoms with van der Waals surface area (Å²) >= 11 is 0. The van der Waals surface area contributed by atoms with E-state index in [-0.39, 0.29) is 5.91 Å². The van der Waals surface area contributed by atoms with Crippen molar-refractivity contribution in [3.05, 3.63) is 0 Å². The lowest BCUT2D eigenvalue weighted by Gasteiger charge is -2.27. The van der Waals surface area contributed by atoms with Crippen LogP contribution in [0.2, 0.25) is 0 Å². The summed E-state index contributed by atoms with van der Waals surface area (Å²) in [6.07, 6.45) is 3.53. The van der Waals surface area contributed by atoms with E-state index in [1.165, 1.54) is 12.8 Å². The topological polar surface area (TPSA) is 32.3 Å². The van der Waals surface area contributed by atoms with Crippen molar-refractivity contribution in [2.45, 2.75) is 53.0 Å². The monoisotopic (exact) mass is 214 g/mol. The maximum atomic E-state index is 11.8. The van der Waals surface area contributed by atoms with Gasteiger partial charge in [-0.05, 0) is 26.8 Å². The lowest BCUT2D eigenvalue weighted by molar-refractivity contribution is -0.132. The number of hydrogen-bond donors (Lipinski definition) is 1. The van der Waals surface area contributed by atoms with Crippen LogP contribution in [0, 0.1) is 0 Å². The molecule has 0 heterocycles. The first kappa shape index (κ1) is 14.4. The molecule has 0 unspecified atom stereocenters. The highest BCUT2D eigenvalue weighted by atomic mass is 16.2. The second kappa shape index (κ2) is 8.72. The Hall–Kier alpha value is -0.570. The Morgan fingerprint density at radius 1 is 1.27 bits per heavy atom. The number of rotatable bonds is 8. The zero-order valence-electron chi connectivity index (χ0n) is 10.7. The summed E-state index contributed by atoms with van der Waals surface area (Å²) in [6, 6.07) is 0.313. The van der Waals surface area contributed by atoms with Crippen molar-refractivity contribution in [2.75, 3.05) is 19.6 Å². The molecule has 0 radical (unpaired) electrons. The molecule has 0 aliphatic carbocycles. The van der Waals surface area contributed by atoms with Crippen molar-refractivity contribution >= 4 is 5.91 Å². The third kappa shape index (κ3) is 6.50. The SMILES string of the molecule is CCCCCN(C(=O)CNCC)C(C)C. The lowest BCUT2D eigenvalue weighted by Crippen LogP contribution is -2.42. The van der Waals surface area contributed by atoms with Gasteiger partial charge in [0.2, 0.25) is 5.91 Å². The van der Waals surface area contributed by atoms with E-state index < -0.39 is 0 Å². The first-order valence-electron chi connectivity index (χ1n) is 6.13. The highest BCUT2D eigenvalue weighted by Gasteiger charge is 2.15. The fourth-order valence-corrected chi connectivity index (χ4v) is 1.54. The summed E-state index contributed by atoms with van der Waals surface area (Å²) in [4.78, 5) is 13.8. The van der Waals surface area contributed by atoms with Crippen LogP contribution in [0.1, 0.15) is 47.0 Å². The first-order valence-corrected chi connectivity index (χ1v) is 6.13.